The van der Waals surface area contributed by atoms with E-state index in [0.29, 0.717) is 0 Å². The van der Waals surface area contributed by atoms with Crippen molar-refractivity contribution in [3.8, 4) is 0 Å². The normalized spacial score (nSPS) is 20.9. The summed E-state index contributed by atoms with van der Waals surface area (Å²) < 4.78 is 118. The molecule has 1 aliphatic heterocycles. The van der Waals surface area contributed by atoms with E-state index >= 15 is 0 Å². The van der Waals surface area contributed by atoms with Crippen LogP contribution >= 0.6 is 0 Å². The van der Waals surface area contributed by atoms with Gasteiger partial charge in [-0.1, -0.05) is 96.8 Å². The van der Waals surface area contributed by atoms with E-state index in [2.05, 4.69) is 28.1 Å². The fraction of sp³-hybridized carbons (Fsp3) is 1.00. The molecule has 0 atom stereocenters. The van der Waals surface area contributed by atoms with Crippen LogP contribution in [0.25, 0.3) is 4.13 Å². The van der Waals surface area contributed by atoms with Gasteiger partial charge in [0.1, 0.15) is 0 Å². The highest BCUT2D eigenvalue weighted by atomic mass is 32.3. The van der Waals surface area contributed by atoms with E-state index in [4.69, 9.17) is 0 Å². The van der Waals surface area contributed by atoms with E-state index < -0.39 is 36.5 Å². The number of hydrogen-bond donors (Lipinski definition) is 0. The molecule has 0 spiro atoms. The molecule has 1 rings (SSSR count). The molecule has 6 nitrogen and oxygen atoms in total. The first-order valence-corrected chi connectivity index (χ1v) is 16.3. The highest BCUT2D eigenvalue weighted by Gasteiger charge is 2.81. The Hall–Kier alpha value is -0.600. The second-order valence-electron chi connectivity index (χ2n) is 10.9. The molecule has 0 aliphatic carbocycles. The van der Waals surface area contributed by atoms with E-state index in [0.717, 1.165) is 8.61 Å². The summed E-state index contributed by atoms with van der Waals surface area (Å²) in [6.45, 7) is 3.63. The van der Waals surface area contributed by atoms with Crippen molar-refractivity contribution in [2.75, 3.05) is 27.7 Å². The van der Waals surface area contributed by atoms with Crippen LogP contribution in [-0.4, -0.2) is 65.4 Å². The third-order valence-corrected chi connectivity index (χ3v) is 9.64. The lowest BCUT2D eigenvalue weighted by Gasteiger charge is -2.42. The number of unbranched alkanes of at least 4 members (excludes halogenated alkanes) is 15. The molecule has 0 aromatic carbocycles. The zero-order valence-electron chi connectivity index (χ0n) is 23.1. The summed E-state index contributed by atoms with van der Waals surface area (Å²) in [5, 5.41) is -12.6. The van der Waals surface area contributed by atoms with Crippen LogP contribution < -0.4 is 0 Å². The van der Waals surface area contributed by atoms with Gasteiger partial charge in [0.2, 0.25) is 0 Å². The zero-order chi connectivity index (χ0) is 29.7. The molecule has 38 heavy (non-hydrogen) atoms. The Labute approximate surface area is 225 Å². The Morgan fingerprint density at radius 1 is 0.526 bits per heavy atom. The van der Waals surface area contributed by atoms with Gasteiger partial charge in [0, 0.05) is 0 Å². The second-order valence-corrected chi connectivity index (χ2v) is 14.5. The Bertz CT molecular complexity index is 831. The average molecular weight is 605 g/mol. The van der Waals surface area contributed by atoms with Gasteiger partial charge in [-0.2, -0.15) is 26.3 Å². The molecule has 230 valence electrons. The number of nitrogens with zero attached hydrogens (tertiary/aromatic N) is 2. The largest absolute Gasteiger partial charge is 0.425 e. The third-order valence-electron chi connectivity index (χ3n) is 6.26. The maximum atomic E-state index is 12.4. The minimum absolute atomic E-state index is 1.11. The summed E-state index contributed by atoms with van der Waals surface area (Å²) >= 11 is 0. The van der Waals surface area contributed by atoms with Crippen molar-refractivity contribution >= 4 is 20.0 Å². The standard InChI is InChI=1S/C21H46N.C3F6NO4S2/c1-5-6-7-8-9-10-11-12-13-14-15-16-17-18-19-20-21-22(2,3)4;4-1(5)2(6,7)15(11,12)10-16(13,14)3(1,8)9/h5-21H2,1-4H3;/q+1;-1. The molecule has 0 aromatic heterocycles. The van der Waals surface area contributed by atoms with Crippen LogP contribution in [0.4, 0.5) is 26.3 Å². The van der Waals surface area contributed by atoms with Crippen LogP contribution in [0.15, 0.2) is 0 Å². The van der Waals surface area contributed by atoms with Gasteiger partial charge in [0.05, 0.1) is 27.7 Å². The lowest BCUT2D eigenvalue weighted by atomic mass is 10.0. The average Bonchev–Trinajstić information content (AvgIpc) is 2.76. The number of alkyl halides is 6. The maximum absolute atomic E-state index is 12.4. The molecule has 0 amide bonds. The van der Waals surface area contributed by atoms with Crippen LogP contribution in [0.5, 0.6) is 0 Å². The van der Waals surface area contributed by atoms with E-state index in [1.807, 2.05) is 0 Å². The van der Waals surface area contributed by atoms with Crippen molar-refractivity contribution in [1.29, 1.82) is 0 Å². The first-order valence-electron chi connectivity index (χ1n) is 13.4. The fourth-order valence-corrected chi connectivity index (χ4v) is 6.60. The Kier molecular flexibility index (Phi) is 15.7. The fourth-order valence-electron chi connectivity index (χ4n) is 3.85. The first kappa shape index (κ1) is 37.4. The van der Waals surface area contributed by atoms with E-state index in [9.17, 15) is 43.2 Å². The molecule has 1 saturated heterocycles. The highest BCUT2D eigenvalue weighted by Crippen LogP contribution is 2.57. The zero-order valence-corrected chi connectivity index (χ0v) is 24.8. The molecule has 0 bridgehead atoms. The molecule has 1 aliphatic rings. The summed E-state index contributed by atoms with van der Waals surface area (Å²) in [6, 6.07) is 0. The van der Waals surface area contributed by atoms with Crippen LogP contribution in [-0.2, 0) is 20.0 Å². The van der Waals surface area contributed by atoms with Crippen molar-refractivity contribution in [3.05, 3.63) is 4.13 Å². The van der Waals surface area contributed by atoms with E-state index in [-0.39, 0.29) is 0 Å². The molecular formula is C24H46F6N2O4S2. The summed E-state index contributed by atoms with van der Waals surface area (Å²) in [5.41, 5.74) is 0. The second kappa shape index (κ2) is 16.0. The molecule has 0 unspecified atom stereocenters. The molecule has 1 heterocycles. The molecule has 14 heteroatoms. The summed E-state index contributed by atoms with van der Waals surface area (Å²) in [5.74, 6) is -6.60. The topological polar surface area (TPSA) is 82.4 Å². The monoisotopic (exact) mass is 604 g/mol. The van der Waals surface area contributed by atoms with Gasteiger partial charge in [0.15, 0.2) is 20.0 Å². The van der Waals surface area contributed by atoms with Crippen molar-refractivity contribution < 1.29 is 47.7 Å². The van der Waals surface area contributed by atoms with Gasteiger partial charge in [0.25, 0.3) is 0 Å². The van der Waals surface area contributed by atoms with Crippen molar-refractivity contribution in [2.45, 2.75) is 126 Å². The summed E-state index contributed by atoms with van der Waals surface area (Å²) in [7, 11) is -6.26. The lowest BCUT2D eigenvalue weighted by molar-refractivity contribution is -0.870. The predicted molar refractivity (Wildman–Crippen MR) is 138 cm³/mol. The van der Waals surface area contributed by atoms with E-state index in [1.165, 1.54) is 109 Å². The summed E-state index contributed by atoms with van der Waals surface area (Å²) in [6.07, 6.45) is 23.4. The van der Waals surface area contributed by atoms with Gasteiger partial charge >= 0.3 is 16.4 Å². The van der Waals surface area contributed by atoms with Crippen molar-refractivity contribution in [3.63, 3.8) is 0 Å². The van der Waals surface area contributed by atoms with Crippen LogP contribution in [0.2, 0.25) is 0 Å². The number of hydrogen-bond acceptors (Lipinski definition) is 4. The molecule has 0 saturated carbocycles. The number of quaternary nitrogens is 1. The smallest absolute Gasteiger partial charge is 0.399 e. The van der Waals surface area contributed by atoms with Gasteiger partial charge in [-0.25, -0.2) is 16.8 Å². The quantitative estimate of drug-likeness (QED) is 0.0963. The lowest BCUT2D eigenvalue weighted by Crippen LogP contribution is -2.64. The summed E-state index contributed by atoms with van der Waals surface area (Å²) in [4.78, 5) is 0. The van der Waals surface area contributed by atoms with E-state index in [1.54, 1.807) is 0 Å². The van der Waals surface area contributed by atoms with Crippen molar-refractivity contribution in [1.82, 2.24) is 0 Å². The Morgan fingerprint density at radius 3 is 1.05 bits per heavy atom. The molecule has 1 fully saturated rings. The van der Waals surface area contributed by atoms with Crippen molar-refractivity contribution in [2.24, 2.45) is 0 Å². The minimum Gasteiger partial charge on any atom is -0.425 e. The Balaban J connectivity index is 0.000000755. The molecule has 0 N–H and O–H groups in total. The van der Waals surface area contributed by atoms with Crippen LogP contribution in [0, 0.1) is 0 Å². The molecule has 0 aromatic rings. The number of rotatable bonds is 17. The first-order chi connectivity index (χ1) is 17.3. The van der Waals surface area contributed by atoms with Gasteiger partial charge in [-0.15, -0.1) is 0 Å². The molecule has 0 radical (unpaired) electrons. The number of halogens is 6. The Morgan fingerprint density at radius 2 is 0.789 bits per heavy atom. The SMILES string of the molecule is CCCCCCCCCCCCCCCCCC[N+](C)(C)C.O=S1(=O)[N-]S(=O)(=O)C(F)(F)C(F)(F)C1(F)F. The van der Waals surface area contributed by atoms with Gasteiger partial charge in [-0.05, 0) is 12.8 Å². The van der Waals surface area contributed by atoms with Gasteiger partial charge in [-0.3, -0.25) is 0 Å². The maximum Gasteiger partial charge on any atom is 0.399 e. The molecular weight excluding hydrogens is 558 g/mol. The van der Waals surface area contributed by atoms with Crippen LogP contribution in [0.1, 0.15) is 110 Å². The predicted octanol–water partition coefficient (Wildman–Crippen LogP) is 7.81. The number of sulfonamides is 2. The minimum atomic E-state index is -6.60. The third kappa shape index (κ3) is 11.5. The van der Waals surface area contributed by atoms with Crippen LogP contribution in [0.3, 0.4) is 0 Å². The highest BCUT2D eigenvalue weighted by molar-refractivity contribution is 8.13. The van der Waals surface area contributed by atoms with Gasteiger partial charge < -0.3 is 8.61 Å².